The van der Waals surface area contributed by atoms with E-state index < -0.39 is 0 Å². The second kappa shape index (κ2) is 7.84. The minimum absolute atomic E-state index is 0.0511. The van der Waals surface area contributed by atoms with E-state index >= 15 is 0 Å². The molecule has 0 fully saturated rings. The molecule has 0 unspecified atom stereocenters. The summed E-state index contributed by atoms with van der Waals surface area (Å²) in [5.74, 6) is 1.15. The molecular weight excluding hydrogens is 380 g/mol. The van der Waals surface area contributed by atoms with Gasteiger partial charge in [0.05, 0.1) is 16.6 Å². The lowest BCUT2D eigenvalue weighted by Gasteiger charge is -2.16. The lowest BCUT2D eigenvalue weighted by atomic mass is 9.98. The average Bonchev–Trinajstić information content (AvgIpc) is 2.83. The van der Waals surface area contributed by atoms with Gasteiger partial charge >= 0.3 is 0 Å². The maximum atomic E-state index is 13.7. The van der Waals surface area contributed by atoms with Crippen LogP contribution in [-0.2, 0) is 0 Å². The molecule has 5 rings (SSSR count). The first-order chi connectivity index (χ1) is 15.2. The molecule has 3 nitrogen and oxygen atoms in total. The van der Waals surface area contributed by atoms with Crippen LogP contribution in [0.5, 0.6) is 0 Å². The number of aromatic nitrogens is 2. The fraction of sp³-hybridized carbons (Fsp3) is 0.143. The smallest absolute Gasteiger partial charge is 0.266 e. The molecule has 4 aromatic carbocycles. The molecule has 0 radical (unpaired) electrons. The van der Waals surface area contributed by atoms with Gasteiger partial charge in [0.25, 0.3) is 5.56 Å². The van der Waals surface area contributed by atoms with Crippen molar-refractivity contribution < 1.29 is 0 Å². The number of hydrogen-bond donors (Lipinski definition) is 0. The Morgan fingerprint density at radius 2 is 1.48 bits per heavy atom. The van der Waals surface area contributed by atoms with Crippen LogP contribution >= 0.6 is 0 Å². The van der Waals surface area contributed by atoms with E-state index in [0.29, 0.717) is 22.6 Å². The number of fused-ring (bicyclic) bond motifs is 2. The number of hydrogen-bond acceptors (Lipinski definition) is 2. The van der Waals surface area contributed by atoms with E-state index in [1.54, 1.807) is 4.57 Å². The average molecular weight is 405 g/mol. The maximum Gasteiger partial charge on any atom is 0.266 e. The van der Waals surface area contributed by atoms with Crippen molar-refractivity contribution >= 4 is 21.7 Å². The Morgan fingerprint density at radius 1 is 0.806 bits per heavy atom. The van der Waals surface area contributed by atoms with Gasteiger partial charge in [-0.25, -0.2) is 4.98 Å². The van der Waals surface area contributed by atoms with Crippen molar-refractivity contribution in [2.24, 2.45) is 0 Å². The van der Waals surface area contributed by atoms with Crippen molar-refractivity contribution in [3.63, 3.8) is 0 Å². The molecule has 0 amide bonds. The van der Waals surface area contributed by atoms with Gasteiger partial charge in [0.1, 0.15) is 5.82 Å². The Balaban J connectivity index is 1.83. The van der Waals surface area contributed by atoms with Crippen LogP contribution in [0.1, 0.15) is 31.7 Å². The van der Waals surface area contributed by atoms with Crippen LogP contribution in [0.3, 0.4) is 0 Å². The van der Waals surface area contributed by atoms with Crippen molar-refractivity contribution in [2.75, 3.05) is 0 Å². The first-order valence-electron chi connectivity index (χ1n) is 10.8. The van der Waals surface area contributed by atoms with E-state index in [2.05, 4.69) is 44.2 Å². The van der Waals surface area contributed by atoms with Gasteiger partial charge in [0.15, 0.2) is 0 Å². The summed E-state index contributed by atoms with van der Waals surface area (Å²) in [6.07, 6.45) is 1.08. The van der Waals surface area contributed by atoms with Crippen LogP contribution in [-0.4, -0.2) is 9.55 Å². The molecule has 152 valence electrons. The molecule has 0 aliphatic heterocycles. The summed E-state index contributed by atoms with van der Waals surface area (Å²) in [5, 5.41) is 2.83. The van der Waals surface area contributed by atoms with Gasteiger partial charge in [-0.1, -0.05) is 80.6 Å². The van der Waals surface area contributed by atoms with Gasteiger partial charge in [-0.15, -0.1) is 0 Å². The molecule has 0 bridgehead atoms. The fourth-order valence-electron chi connectivity index (χ4n) is 4.16. The lowest BCUT2D eigenvalue weighted by molar-refractivity contribution is 0.733. The molecule has 5 aromatic rings. The summed E-state index contributed by atoms with van der Waals surface area (Å²) in [5.41, 5.74) is 3.72. The van der Waals surface area contributed by atoms with E-state index in [1.165, 1.54) is 5.56 Å². The summed E-state index contributed by atoms with van der Waals surface area (Å²) in [6, 6.07) is 30.3. The molecule has 1 aromatic heterocycles. The monoisotopic (exact) mass is 404 g/mol. The van der Waals surface area contributed by atoms with Crippen molar-refractivity contribution in [3.05, 3.63) is 107 Å². The molecule has 0 spiro atoms. The molecule has 1 heterocycles. The third-order valence-electron chi connectivity index (χ3n) is 6.14. The van der Waals surface area contributed by atoms with Crippen molar-refractivity contribution in [3.8, 4) is 17.1 Å². The molecule has 0 saturated heterocycles. The summed E-state index contributed by atoms with van der Waals surface area (Å²) < 4.78 is 1.75. The van der Waals surface area contributed by atoms with E-state index in [-0.39, 0.29) is 5.56 Å². The van der Waals surface area contributed by atoms with Crippen LogP contribution in [0.15, 0.2) is 95.8 Å². The number of benzene rings is 4. The maximum absolute atomic E-state index is 13.7. The summed E-state index contributed by atoms with van der Waals surface area (Å²) in [7, 11) is 0. The molecular formula is C28H24N2O. The predicted octanol–water partition coefficient (Wildman–Crippen LogP) is 6.72. The number of rotatable bonds is 4. The third-order valence-corrected chi connectivity index (χ3v) is 6.14. The van der Waals surface area contributed by atoms with Gasteiger partial charge < -0.3 is 0 Å². The SMILES string of the molecule is CC[C@@H](C)c1ccc(-n2c(-c3cccc4ccccc34)nc3ccccc3c2=O)cc1. The van der Waals surface area contributed by atoms with Crippen LogP contribution in [0, 0.1) is 0 Å². The minimum atomic E-state index is -0.0511. The zero-order valence-corrected chi connectivity index (χ0v) is 17.7. The van der Waals surface area contributed by atoms with Crippen LogP contribution in [0.25, 0.3) is 38.8 Å². The van der Waals surface area contributed by atoms with Gasteiger partial charge in [0, 0.05) is 5.56 Å². The van der Waals surface area contributed by atoms with Gasteiger partial charge in [-0.2, -0.15) is 0 Å². The van der Waals surface area contributed by atoms with Crippen molar-refractivity contribution in [2.45, 2.75) is 26.2 Å². The van der Waals surface area contributed by atoms with E-state index in [4.69, 9.17) is 4.98 Å². The highest BCUT2D eigenvalue weighted by molar-refractivity contribution is 5.96. The minimum Gasteiger partial charge on any atom is -0.268 e. The van der Waals surface area contributed by atoms with Crippen LogP contribution < -0.4 is 5.56 Å². The Hall–Kier alpha value is -3.72. The normalized spacial score (nSPS) is 12.3. The molecule has 3 heteroatoms. The quantitative estimate of drug-likeness (QED) is 0.333. The summed E-state index contributed by atoms with van der Waals surface area (Å²) in [6.45, 7) is 4.41. The fourth-order valence-corrected chi connectivity index (χ4v) is 4.16. The Bertz CT molecular complexity index is 1440. The molecule has 0 saturated carbocycles. The first kappa shape index (κ1) is 19.3. The van der Waals surface area contributed by atoms with Crippen LogP contribution in [0.2, 0.25) is 0 Å². The van der Waals surface area contributed by atoms with E-state index in [9.17, 15) is 4.79 Å². The summed E-state index contributed by atoms with van der Waals surface area (Å²) >= 11 is 0. The van der Waals surface area contributed by atoms with E-state index in [0.717, 1.165) is 28.4 Å². The molecule has 1 atom stereocenters. The Morgan fingerprint density at radius 3 is 2.26 bits per heavy atom. The second-order valence-electron chi connectivity index (χ2n) is 8.02. The molecule has 0 aliphatic rings. The highest BCUT2D eigenvalue weighted by Crippen LogP contribution is 2.30. The standard InChI is InChI=1S/C28H24N2O/c1-3-19(2)20-15-17-22(18-16-20)30-27(29-26-14-7-6-12-25(26)28(30)31)24-13-8-10-21-9-4-5-11-23(21)24/h4-19H,3H2,1-2H3/t19-/m1/s1. The first-order valence-corrected chi connectivity index (χ1v) is 10.8. The Kier molecular flexibility index (Phi) is 4.87. The van der Waals surface area contributed by atoms with Crippen molar-refractivity contribution in [1.82, 2.24) is 9.55 Å². The zero-order chi connectivity index (χ0) is 21.4. The highest BCUT2D eigenvalue weighted by atomic mass is 16.1. The summed E-state index contributed by atoms with van der Waals surface area (Å²) in [4.78, 5) is 18.6. The predicted molar refractivity (Wildman–Crippen MR) is 129 cm³/mol. The highest BCUT2D eigenvalue weighted by Gasteiger charge is 2.16. The zero-order valence-electron chi connectivity index (χ0n) is 17.7. The van der Waals surface area contributed by atoms with Gasteiger partial charge in [-0.05, 0) is 52.9 Å². The molecule has 31 heavy (non-hydrogen) atoms. The number of para-hydroxylation sites is 1. The van der Waals surface area contributed by atoms with Gasteiger partial charge in [-0.3, -0.25) is 9.36 Å². The second-order valence-corrected chi connectivity index (χ2v) is 8.02. The number of nitrogens with zero attached hydrogens (tertiary/aromatic N) is 2. The largest absolute Gasteiger partial charge is 0.268 e. The molecule has 0 aliphatic carbocycles. The van der Waals surface area contributed by atoms with Crippen LogP contribution in [0.4, 0.5) is 0 Å². The van der Waals surface area contributed by atoms with E-state index in [1.807, 2.05) is 60.7 Å². The molecule has 0 N–H and O–H groups in total. The lowest BCUT2D eigenvalue weighted by Crippen LogP contribution is -2.22. The Labute approximate surface area is 181 Å². The van der Waals surface area contributed by atoms with Gasteiger partial charge in [0.2, 0.25) is 0 Å². The third kappa shape index (κ3) is 3.32. The van der Waals surface area contributed by atoms with Crippen molar-refractivity contribution in [1.29, 1.82) is 0 Å². The topological polar surface area (TPSA) is 34.9 Å².